The quantitative estimate of drug-likeness (QED) is 0.326. The highest BCUT2D eigenvalue weighted by Gasteiger charge is 2.33. The average molecular weight is 553 g/mol. The number of carboxylic acid groups (broad SMARTS) is 1. The van der Waals surface area contributed by atoms with Crippen LogP contribution in [0.2, 0.25) is 0 Å². The molecular formula is C31H24N2O6S. The lowest BCUT2D eigenvalue weighted by Gasteiger charge is -2.29. The van der Waals surface area contributed by atoms with Crippen LogP contribution in [-0.2, 0) is 27.8 Å². The first-order valence-electron chi connectivity index (χ1n) is 12.7. The molecule has 200 valence electrons. The molecule has 4 aromatic carbocycles. The molecule has 8 nitrogen and oxygen atoms in total. The molecule has 0 fully saturated rings. The Kier molecular flexibility index (Phi) is 6.32. The molecule has 0 aromatic heterocycles. The first kappa shape index (κ1) is 25.7. The fraction of sp³-hybridized carbons (Fsp3) is 0.129. The third-order valence-corrected chi connectivity index (χ3v) is 9.30. The number of sulfonamides is 1. The molecule has 1 atom stereocenters. The van der Waals surface area contributed by atoms with Crippen LogP contribution < -0.4 is 5.32 Å². The molecule has 2 N–H and O–H groups in total. The van der Waals surface area contributed by atoms with Gasteiger partial charge in [0.2, 0.25) is 10.0 Å². The fourth-order valence-corrected chi connectivity index (χ4v) is 6.88. The molecule has 0 saturated heterocycles. The van der Waals surface area contributed by atoms with E-state index in [0.29, 0.717) is 46.3 Å². The lowest BCUT2D eigenvalue weighted by atomic mass is 9.95. The summed E-state index contributed by atoms with van der Waals surface area (Å²) in [4.78, 5) is 38.9. The molecule has 1 amide bonds. The van der Waals surface area contributed by atoms with Crippen molar-refractivity contribution in [1.29, 1.82) is 0 Å². The molecule has 0 spiro atoms. The highest BCUT2D eigenvalue weighted by Crippen LogP contribution is 2.39. The Morgan fingerprint density at radius 1 is 0.825 bits per heavy atom. The van der Waals surface area contributed by atoms with Crippen LogP contribution in [0, 0.1) is 0 Å². The zero-order valence-electron chi connectivity index (χ0n) is 21.2. The van der Waals surface area contributed by atoms with E-state index >= 15 is 0 Å². The lowest BCUT2D eigenvalue weighted by Crippen LogP contribution is -2.37. The van der Waals surface area contributed by atoms with Gasteiger partial charge in [0, 0.05) is 35.3 Å². The van der Waals surface area contributed by atoms with E-state index < -0.39 is 27.9 Å². The molecule has 1 aliphatic carbocycles. The van der Waals surface area contributed by atoms with Crippen molar-refractivity contribution in [1.82, 2.24) is 9.62 Å². The van der Waals surface area contributed by atoms with Crippen molar-refractivity contribution in [3.63, 3.8) is 0 Å². The predicted molar refractivity (Wildman–Crippen MR) is 147 cm³/mol. The molecule has 1 unspecified atom stereocenters. The number of rotatable bonds is 6. The first-order valence-corrected chi connectivity index (χ1v) is 14.2. The number of hydrogen-bond donors (Lipinski definition) is 2. The molecule has 2 aliphatic rings. The Hall–Kier alpha value is -4.60. The minimum absolute atomic E-state index is 0.0891. The second-order valence-corrected chi connectivity index (χ2v) is 11.7. The van der Waals surface area contributed by atoms with Crippen LogP contribution in [0.1, 0.15) is 49.0 Å². The summed E-state index contributed by atoms with van der Waals surface area (Å²) >= 11 is 0. The van der Waals surface area contributed by atoms with E-state index in [1.165, 1.54) is 4.31 Å². The van der Waals surface area contributed by atoms with E-state index in [1.807, 2.05) is 0 Å². The summed E-state index contributed by atoms with van der Waals surface area (Å²) in [7, 11) is -3.72. The summed E-state index contributed by atoms with van der Waals surface area (Å²) in [5, 5.41) is 12.7. The number of hydrogen-bond acceptors (Lipinski definition) is 5. The van der Waals surface area contributed by atoms with Crippen molar-refractivity contribution in [2.24, 2.45) is 0 Å². The number of ketones is 1. The summed E-state index contributed by atoms with van der Waals surface area (Å²) in [5.74, 6) is -2.07. The second kappa shape index (κ2) is 9.86. The fourth-order valence-electron chi connectivity index (χ4n) is 5.44. The molecule has 4 aromatic rings. The Bertz CT molecular complexity index is 1800. The number of nitrogens with zero attached hydrogens (tertiary/aromatic N) is 1. The number of aliphatic carboxylic acids is 1. The summed E-state index contributed by atoms with van der Waals surface area (Å²) in [5.41, 5.74) is 4.15. The van der Waals surface area contributed by atoms with Gasteiger partial charge < -0.3 is 10.4 Å². The smallest absolute Gasteiger partial charge is 0.330 e. The van der Waals surface area contributed by atoms with Gasteiger partial charge in [-0.05, 0) is 46.9 Å². The Labute approximate surface area is 230 Å². The summed E-state index contributed by atoms with van der Waals surface area (Å²) in [6.07, 6.45) is 0.482. The lowest BCUT2D eigenvalue weighted by molar-refractivity contribution is -0.139. The van der Waals surface area contributed by atoms with Gasteiger partial charge in [-0.15, -0.1) is 0 Å². The van der Waals surface area contributed by atoms with Crippen molar-refractivity contribution in [2.75, 3.05) is 6.54 Å². The van der Waals surface area contributed by atoms with E-state index in [-0.39, 0.29) is 22.8 Å². The van der Waals surface area contributed by atoms with Gasteiger partial charge in [0.1, 0.15) is 0 Å². The van der Waals surface area contributed by atoms with Crippen LogP contribution in [0.5, 0.6) is 0 Å². The maximum absolute atomic E-state index is 13.5. The number of nitrogens with one attached hydrogen (secondary N) is 1. The maximum Gasteiger partial charge on any atom is 0.330 e. The second-order valence-electron chi connectivity index (χ2n) is 9.78. The van der Waals surface area contributed by atoms with E-state index in [0.717, 1.165) is 5.56 Å². The largest absolute Gasteiger partial charge is 0.479 e. The minimum Gasteiger partial charge on any atom is -0.479 e. The molecule has 40 heavy (non-hydrogen) atoms. The number of fused-ring (bicyclic) bond motifs is 4. The zero-order valence-corrected chi connectivity index (χ0v) is 22.0. The van der Waals surface area contributed by atoms with Crippen LogP contribution in [0.3, 0.4) is 0 Å². The SMILES string of the molecule is O=C(NC(C(=O)O)c1ccc2c(c1)CN(S(=O)(=O)c1ccccc1)CC2)c1cccc2c1-c1ccccc1C2=O. The Morgan fingerprint density at radius 2 is 1.52 bits per heavy atom. The van der Waals surface area contributed by atoms with E-state index in [1.54, 1.807) is 91.0 Å². The number of amides is 1. The zero-order chi connectivity index (χ0) is 28.0. The van der Waals surface area contributed by atoms with Crippen LogP contribution in [0.4, 0.5) is 0 Å². The molecule has 0 radical (unpaired) electrons. The predicted octanol–water partition coefficient (Wildman–Crippen LogP) is 4.20. The summed E-state index contributed by atoms with van der Waals surface area (Å²) < 4.78 is 27.7. The van der Waals surface area contributed by atoms with Crippen molar-refractivity contribution in [3.8, 4) is 11.1 Å². The highest BCUT2D eigenvalue weighted by atomic mass is 32.2. The maximum atomic E-state index is 13.5. The number of carbonyl (C=O) groups is 3. The van der Waals surface area contributed by atoms with E-state index in [9.17, 15) is 27.9 Å². The molecule has 9 heteroatoms. The van der Waals surface area contributed by atoms with Crippen LogP contribution in [0.15, 0.2) is 95.9 Å². The van der Waals surface area contributed by atoms with Gasteiger partial charge >= 0.3 is 5.97 Å². The first-order chi connectivity index (χ1) is 19.3. The van der Waals surface area contributed by atoms with E-state index in [2.05, 4.69) is 5.32 Å². The molecule has 1 aliphatic heterocycles. The Balaban J connectivity index is 1.30. The number of carboxylic acids is 1. The minimum atomic E-state index is -3.72. The number of benzene rings is 4. The van der Waals surface area contributed by atoms with Crippen molar-refractivity contribution >= 4 is 27.7 Å². The van der Waals surface area contributed by atoms with Gasteiger partial charge in [-0.25, -0.2) is 13.2 Å². The molecule has 0 saturated carbocycles. The summed E-state index contributed by atoms with van der Waals surface area (Å²) in [6, 6.07) is 23.7. The molecule has 1 heterocycles. The number of carbonyl (C=O) groups excluding carboxylic acids is 2. The van der Waals surface area contributed by atoms with Crippen LogP contribution >= 0.6 is 0 Å². The summed E-state index contributed by atoms with van der Waals surface area (Å²) in [6.45, 7) is 0.397. The van der Waals surface area contributed by atoms with Gasteiger partial charge in [0.25, 0.3) is 5.91 Å². The van der Waals surface area contributed by atoms with Gasteiger partial charge in [-0.2, -0.15) is 4.31 Å². The van der Waals surface area contributed by atoms with Crippen LogP contribution in [-0.4, -0.2) is 42.0 Å². The van der Waals surface area contributed by atoms with Crippen molar-refractivity contribution < 1.29 is 27.9 Å². The normalized spacial score (nSPS) is 15.1. The van der Waals surface area contributed by atoms with Crippen molar-refractivity contribution in [3.05, 3.63) is 124 Å². The van der Waals surface area contributed by atoms with Crippen molar-refractivity contribution in [2.45, 2.75) is 23.9 Å². The highest BCUT2D eigenvalue weighted by molar-refractivity contribution is 7.89. The van der Waals surface area contributed by atoms with Gasteiger partial charge in [0.05, 0.1) is 4.90 Å². The Morgan fingerprint density at radius 3 is 2.27 bits per heavy atom. The topological polar surface area (TPSA) is 121 Å². The monoisotopic (exact) mass is 552 g/mol. The third-order valence-electron chi connectivity index (χ3n) is 7.44. The average Bonchev–Trinajstić information content (AvgIpc) is 3.27. The van der Waals surface area contributed by atoms with E-state index in [4.69, 9.17) is 0 Å². The molecule has 0 bridgehead atoms. The van der Waals surface area contributed by atoms with Gasteiger partial charge in [-0.3, -0.25) is 9.59 Å². The molecule has 6 rings (SSSR count). The van der Waals surface area contributed by atoms with Gasteiger partial charge in [-0.1, -0.05) is 72.8 Å². The molecular weight excluding hydrogens is 528 g/mol. The van der Waals surface area contributed by atoms with Gasteiger partial charge in [0.15, 0.2) is 11.8 Å². The standard InChI is InChI=1S/C31H24N2O6S/c34-29-24-10-5-4-9-23(24)27-25(29)11-6-12-26(27)30(35)32-28(31(36)37)20-14-13-19-15-16-33(18-21(19)17-20)40(38,39)22-7-2-1-3-8-22/h1-14,17,28H,15-16,18H2,(H,32,35)(H,36,37). The third kappa shape index (κ3) is 4.29. The van der Waals surface area contributed by atoms with Crippen LogP contribution in [0.25, 0.3) is 11.1 Å².